The number of esters is 1. The molecule has 0 fully saturated rings. The van der Waals surface area contributed by atoms with Gasteiger partial charge in [-0.1, -0.05) is 0 Å². The summed E-state index contributed by atoms with van der Waals surface area (Å²) in [6, 6.07) is 5.28. The zero-order valence-electron chi connectivity index (χ0n) is 9.94. The average molecular weight is 255 g/mol. The maximum absolute atomic E-state index is 12.6. The number of rotatable bonds is 6. The lowest BCUT2D eigenvalue weighted by Gasteiger charge is -2.07. The van der Waals surface area contributed by atoms with E-state index in [1.54, 1.807) is 6.92 Å². The number of nitrogens with one attached hydrogen (secondary N) is 1. The molecule has 0 saturated heterocycles. The third kappa shape index (κ3) is 5.29. The van der Waals surface area contributed by atoms with Crippen LogP contribution in [0.25, 0.3) is 0 Å². The number of amides is 1. The number of hydrogen-bond acceptors (Lipinski definition) is 4. The van der Waals surface area contributed by atoms with E-state index in [0.717, 1.165) is 0 Å². The first-order valence-electron chi connectivity index (χ1n) is 5.42. The number of carbonyl (C=O) groups is 2. The predicted molar refractivity (Wildman–Crippen MR) is 61.5 cm³/mol. The summed E-state index contributed by atoms with van der Waals surface area (Å²) >= 11 is 0. The van der Waals surface area contributed by atoms with Gasteiger partial charge in [-0.05, 0) is 31.2 Å². The van der Waals surface area contributed by atoms with Crippen LogP contribution in [0.1, 0.15) is 6.92 Å². The van der Waals surface area contributed by atoms with Gasteiger partial charge in [-0.25, -0.2) is 4.39 Å². The lowest BCUT2D eigenvalue weighted by atomic mass is 10.3. The molecule has 0 unspecified atom stereocenters. The summed E-state index contributed by atoms with van der Waals surface area (Å²) in [5.41, 5.74) is 0. The van der Waals surface area contributed by atoms with Gasteiger partial charge in [0.1, 0.15) is 18.1 Å². The largest absolute Gasteiger partial charge is 0.484 e. The fourth-order valence-electron chi connectivity index (χ4n) is 1.11. The second-order valence-corrected chi connectivity index (χ2v) is 3.32. The Balaban J connectivity index is 2.24. The van der Waals surface area contributed by atoms with Crippen molar-refractivity contribution in [1.82, 2.24) is 5.32 Å². The molecule has 1 aromatic rings. The molecule has 0 heterocycles. The molecule has 5 nitrogen and oxygen atoms in total. The van der Waals surface area contributed by atoms with Crippen LogP contribution in [0.4, 0.5) is 4.39 Å². The van der Waals surface area contributed by atoms with Crippen molar-refractivity contribution in [1.29, 1.82) is 0 Å². The van der Waals surface area contributed by atoms with E-state index in [4.69, 9.17) is 4.74 Å². The topological polar surface area (TPSA) is 64.6 Å². The molecule has 0 atom stereocenters. The lowest BCUT2D eigenvalue weighted by Crippen LogP contribution is -2.34. The van der Waals surface area contributed by atoms with E-state index < -0.39 is 11.9 Å². The molecule has 0 radical (unpaired) electrons. The highest BCUT2D eigenvalue weighted by Crippen LogP contribution is 2.10. The van der Waals surface area contributed by atoms with Gasteiger partial charge >= 0.3 is 5.97 Å². The summed E-state index contributed by atoms with van der Waals surface area (Å²) in [5, 5.41) is 2.34. The number of hydrogen-bond donors (Lipinski definition) is 1. The van der Waals surface area contributed by atoms with Crippen molar-refractivity contribution in [2.75, 3.05) is 19.8 Å². The first-order valence-corrected chi connectivity index (χ1v) is 5.42. The zero-order valence-corrected chi connectivity index (χ0v) is 9.94. The molecule has 0 spiro atoms. The summed E-state index contributed by atoms with van der Waals surface area (Å²) in [4.78, 5) is 22.2. The molecule has 1 aromatic carbocycles. The van der Waals surface area contributed by atoms with Crippen LogP contribution in [0.2, 0.25) is 0 Å². The Morgan fingerprint density at radius 2 is 1.94 bits per heavy atom. The summed E-state index contributed by atoms with van der Waals surface area (Å²) in [6.07, 6.45) is 0. The smallest absolute Gasteiger partial charge is 0.325 e. The van der Waals surface area contributed by atoms with Crippen molar-refractivity contribution in [2.45, 2.75) is 6.92 Å². The third-order valence-corrected chi connectivity index (χ3v) is 1.92. The molecule has 0 aliphatic heterocycles. The molecule has 0 bridgehead atoms. The Hall–Kier alpha value is -2.11. The van der Waals surface area contributed by atoms with E-state index in [-0.39, 0.29) is 25.6 Å². The molecule has 0 aliphatic carbocycles. The van der Waals surface area contributed by atoms with Crippen molar-refractivity contribution in [3.05, 3.63) is 30.1 Å². The van der Waals surface area contributed by atoms with E-state index in [1.807, 2.05) is 0 Å². The molecular formula is C12H14FNO4. The van der Waals surface area contributed by atoms with Crippen LogP contribution in [0.3, 0.4) is 0 Å². The van der Waals surface area contributed by atoms with Crippen LogP contribution in [0, 0.1) is 5.82 Å². The highest BCUT2D eigenvalue weighted by molar-refractivity contribution is 5.82. The van der Waals surface area contributed by atoms with Gasteiger partial charge in [-0.3, -0.25) is 9.59 Å². The first-order chi connectivity index (χ1) is 8.61. The van der Waals surface area contributed by atoms with Gasteiger partial charge in [-0.2, -0.15) is 0 Å². The molecule has 6 heteroatoms. The van der Waals surface area contributed by atoms with Crippen LogP contribution in [-0.2, 0) is 14.3 Å². The van der Waals surface area contributed by atoms with Gasteiger partial charge in [0, 0.05) is 0 Å². The molecule has 1 N–H and O–H groups in total. The standard InChI is InChI=1S/C12H14FNO4/c1-2-17-12(16)7-14-11(15)8-18-10-5-3-9(13)4-6-10/h3-6H,2,7-8H2,1H3,(H,14,15). The number of ether oxygens (including phenoxy) is 2. The SMILES string of the molecule is CCOC(=O)CNC(=O)COc1ccc(F)cc1. The molecule has 0 aliphatic rings. The zero-order chi connectivity index (χ0) is 13.4. The minimum Gasteiger partial charge on any atom is -0.484 e. The highest BCUT2D eigenvalue weighted by atomic mass is 19.1. The summed E-state index contributed by atoms with van der Waals surface area (Å²) in [6.45, 7) is 1.50. The maximum Gasteiger partial charge on any atom is 0.325 e. The normalized spacial score (nSPS) is 9.67. The minimum atomic E-state index is -0.507. The Bertz CT molecular complexity index is 405. The molecule has 98 valence electrons. The second-order valence-electron chi connectivity index (χ2n) is 3.32. The Morgan fingerprint density at radius 3 is 2.56 bits per heavy atom. The fourth-order valence-corrected chi connectivity index (χ4v) is 1.11. The van der Waals surface area contributed by atoms with Gasteiger partial charge in [0.25, 0.3) is 5.91 Å². The van der Waals surface area contributed by atoms with Gasteiger partial charge in [0.15, 0.2) is 6.61 Å². The molecule has 0 aromatic heterocycles. The Kier molecular flexibility index (Phi) is 5.63. The van der Waals surface area contributed by atoms with E-state index in [1.165, 1.54) is 24.3 Å². The molecule has 18 heavy (non-hydrogen) atoms. The van der Waals surface area contributed by atoms with Crippen molar-refractivity contribution >= 4 is 11.9 Å². The van der Waals surface area contributed by atoms with E-state index >= 15 is 0 Å². The lowest BCUT2D eigenvalue weighted by molar-refractivity contribution is -0.143. The Labute approximate surface area is 104 Å². The van der Waals surface area contributed by atoms with Crippen molar-refractivity contribution in [3.63, 3.8) is 0 Å². The van der Waals surface area contributed by atoms with Crippen molar-refractivity contribution in [3.8, 4) is 5.75 Å². The summed E-state index contributed by atoms with van der Waals surface area (Å²) in [7, 11) is 0. The van der Waals surface area contributed by atoms with Crippen molar-refractivity contribution < 1.29 is 23.5 Å². The van der Waals surface area contributed by atoms with Gasteiger partial charge in [-0.15, -0.1) is 0 Å². The quantitative estimate of drug-likeness (QED) is 0.766. The highest BCUT2D eigenvalue weighted by Gasteiger charge is 2.06. The predicted octanol–water partition coefficient (Wildman–Crippen LogP) is 0.884. The maximum atomic E-state index is 12.6. The molecular weight excluding hydrogens is 241 g/mol. The van der Waals surface area contributed by atoms with Crippen LogP contribution in [0.5, 0.6) is 5.75 Å². The Morgan fingerprint density at radius 1 is 1.28 bits per heavy atom. The first kappa shape index (κ1) is 14.0. The monoisotopic (exact) mass is 255 g/mol. The number of halogens is 1. The van der Waals surface area contributed by atoms with Gasteiger partial charge < -0.3 is 14.8 Å². The van der Waals surface area contributed by atoms with Crippen molar-refractivity contribution in [2.24, 2.45) is 0 Å². The van der Waals surface area contributed by atoms with Gasteiger partial charge in [0.2, 0.25) is 0 Å². The van der Waals surface area contributed by atoms with Crippen LogP contribution >= 0.6 is 0 Å². The summed E-state index contributed by atoms with van der Waals surface area (Å²) < 4.78 is 22.3. The van der Waals surface area contributed by atoms with Crippen LogP contribution in [-0.4, -0.2) is 31.6 Å². The second kappa shape index (κ2) is 7.26. The third-order valence-electron chi connectivity index (χ3n) is 1.92. The summed E-state index contributed by atoms with van der Waals surface area (Å²) in [5.74, 6) is -0.961. The minimum absolute atomic E-state index is 0.195. The average Bonchev–Trinajstić information content (AvgIpc) is 2.36. The van der Waals surface area contributed by atoms with E-state index in [9.17, 15) is 14.0 Å². The van der Waals surface area contributed by atoms with Crippen LogP contribution < -0.4 is 10.1 Å². The molecule has 0 saturated carbocycles. The molecule has 1 rings (SSSR count). The number of benzene rings is 1. The molecule has 1 amide bonds. The van der Waals surface area contributed by atoms with E-state index in [0.29, 0.717) is 5.75 Å². The fraction of sp³-hybridized carbons (Fsp3) is 0.333. The van der Waals surface area contributed by atoms with E-state index in [2.05, 4.69) is 10.1 Å². The number of carbonyl (C=O) groups excluding carboxylic acids is 2. The van der Waals surface area contributed by atoms with Gasteiger partial charge in [0.05, 0.1) is 6.61 Å². The van der Waals surface area contributed by atoms with Crippen LogP contribution in [0.15, 0.2) is 24.3 Å².